The molecule has 0 aliphatic heterocycles. The fraction of sp³-hybridized carbons (Fsp3) is 0.618. The van der Waals surface area contributed by atoms with E-state index < -0.39 is 15.5 Å². The second-order valence-corrected chi connectivity index (χ2v) is 13.3. The molecule has 2 atom stereocenters. The number of carbonyl (C=O) groups is 1. The van der Waals surface area contributed by atoms with Crippen LogP contribution in [0.1, 0.15) is 134 Å². The van der Waals surface area contributed by atoms with Gasteiger partial charge in [0, 0.05) is 0 Å². The summed E-state index contributed by atoms with van der Waals surface area (Å²) in [6, 6.07) is 16.8. The molecule has 2 aromatic carbocycles. The van der Waals surface area contributed by atoms with Gasteiger partial charge in [0.1, 0.15) is 0 Å². The average molecular weight is 573 g/mol. The number of benzene rings is 2. The zero-order chi connectivity index (χ0) is 29.4. The summed E-state index contributed by atoms with van der Waals surface area (Å²) in [5.41, 5.74) is 1.58. The van der Waals surface area contributed by atoms with Gasteiger partial charge >= 0.3 is 5.97 Å². The maximum atomic E-state index is 13.1. The van der Waals surface area contributed by atoms with Gasteiger partial charge in [-0.1, -0.05) is 114 Å². The molecule has 0 amide bonds. The summed E-state index contributed by atoms with van der Waals surface area (Å²) < 4.78 is 38.0. The summed E-state index contributed by atoms with van der Waals surface area (Å²) >= 11 is 0. The van der Waals surface area contributed by atoms with Crippen LogP contribution in [0.2, 0.25) is 0 Å². The Hall–Kier alpha value is -2.18. The van der Waals surface area contributed by atoms with Crippen LogP contribution in [-0.2, 0) is 19.6 Å². The smallest absolute Gasteiger partial charge is 0.311 e. The van der Waals surface area contributed by atoms with Gasteiger partial charge in [0.15, 0.2) is 0 Å². The van der Waals surface area contributed by atoms with E-state index in [1.807, 2.05) is 32.0 Å². The van der Waals surface area contributed by atoms with Gasteiger partial charge in [-0.15, -0.1) is 0 Å². The number of unbranched alkanes of at least 4 members (excludes halogenated alkanes) is 9. The second-order valence-electron chi connectivity index (χ2n) is 11.9. The molecule has 224 valence electrons. The maximum Gasteiger partial charge on any atom is 0.311 e. The highest BCUT2D eigenvalue weighted by atomic mass is 32.2. The lowest BCUT2D eigenvalue weighted by atomic mass is 9.75. The van der Waals surface area contributed by atoms with Gasteiger partial charge in [-0.3, -0.25) is 9.35 Å². The van der Waals surface area contributed by atoms with Crippen LogP contribution in [0, 0.1) is 5.41 Å². The van der Waals surface area contributed by atoms with Crippen molar-refractivity contribution in [2.75, 3.05) is 6.61 Å². The van der Waals surface area contributed by atoms with Gasteiger partial charge in [0.25, 0.3) is 10.1 Å². The highest BCUT2D eigenvalue weighted by Gasteiger charge is 2.34. The van der Waals surface area contributed by atoms with Crippen molar-refractivity contribution in [1.82, 2.24) is 0 Å². The monoisotopic (exact) mass is 572 g/mol. The van der Waals surface area contributed by atoms with Gasteiger partial charge in [-0.25, -0.2) is 0 Å². The molecular weight excluding hydrogens is 520 g/mol. The molecule has 0 fully saturated rings. The van der Waals surface area contributed by atoms with Gasteiger partial charge < -0.3 is 4.74 Å². The largest absolute Gasteiger partial charge is 0.465 e. The van der Waals surface area contributed by atoms with Gasteiger partial charge in [-0.05, 0) is 74.6 Å². The van der Waals surface area contributed by atoms with E-state index >= 15 is 0 Å². The zero-order valence-corrected chi connectivity index (χ0v) is 26.1. The SMILES string of the molecule is CCCCCCCCCCCCOC(=O)C(C)(C)CC(CC(CC)c1ccc(S(=O)(=O)O)cc1)c1ccccc1. The highest BCUT2D eigenvalue weighted by Crippen LogP contribution is 2.40. The number of ether oxygens (including phenoxy) is 1. The van der Waals surface area contributed by atoms with Crippen molar-refractivity contribution < 1.29 is 22.5 Å². The molecule has 0 saturated heterocycles. The number of hydrogen-bond acceptors (Lipinski definition) is 4. The Kier molecular flexibility index (Phi) is 15.0. The van der Waals surface area contributed by atoms with Gasteiger partial charge in [-0.2, -0.15) is 8.42 Å². The van der Waals surface area contributed by atoms with E-state index in [-0.39, 0.29) is 22.7 Å². The Labute approximate surface area is 243 Å². The molecule has 2 aromatic rings. The first-order valence-corrected chi connectivity index (χ1v) is 16.8. The molecule has 2 unspecified atom stereocenters. The molecule has 0 aliphatic rings. The van der Waals surface area contributed by atoms with Crippen molar-refractivity contribution in [3.05, 3.63) is 65.7 Å². The minimum atomic E-state index is -4.22. The van der Waals surface area contributed by atoms with E-state index in [1.54, 1.807) is 12.1 Å². The Balaban J connectivity index is 1.93. The number of esters is 1. The first-order valence-electron chi connectivity index (χ1n) is 15.4. The third kappa shape index (κ3) is 12.1. The fourth-order valence-corrected chi connectivity index (χ4v) is 5.99. The standard InChI is InChI=1S/C34H52O5S/c1-5-7-8-9-10-11-12-13-14-18-25-39-33(35)34(3,4)27-31(29-19-16-15-17-20-29)26-28(6-2)30-21-23-32(24-22-30)40(36,37)38/h15-17,19-24,28,31H,5-14,18,25-27H2,1-4H3,(H,36,37,38). The highest BCUT2D eigenvalue weighted by molar-refractivity contribution is 7.85. The molecule has 0 radical (unpaired) electrons. The Morgan fingerprint density at radius 1 is 0.775 bits per heavy atom. The number of rotatable bonds is 20. The third-order valence-corrected chi connectivity index (χ3v) is 8.89. The molecular formula is C34H52O5S. The van der Waals surface area contributed by atoms with Crippen LogP contribution >= 0.6 is 0 Å². The van der Waals surface area contributed by atoms with Crippen LogP contribution in [-0.4, -0.2) is 25.5 Å². The Bertz CT molecular complexity index is 1080. The van der Waals surface area contributed by atoms with E-state index in [0.717, 1.165) is 31.2 Å². The average Bonchev–Trinajstić information content (AvgIpc) is 2.93. The van der Waals surface area contributed by atoms with E-state index in [2.05, 4.69) is 26.0 Å². The quantitative estimate of drug-likeness (QED) is 0.0971. The summed E-state index contributed by atoms with van der Waals surface area (Å²) in [7, 11) is -4.22. The lowest BCUT2D eigenvalue weighted by Gasteiger charge is -2.31. The van der Waals surface area contributed by atoms with Crippen LogP contribution in [0.25, 0.3) is 0 Å². The molecule has 5 nitrogen and oxygen atoms in total. The van der Waals surface area contributed by atoms with Crippen LogP contribution in [0.15, 0.2) is 59.5 Å². The van der Waals surface area contributed by atoms with Crippen LogP contribution in [0.3, 0.4) is 0 Å². The van der Waals surface area contributed by atoms with Crippen molar-refractivity contribution in [1.29, 1.82) is 0 Å². The summed E-state index contributed by atoms with van der Waals surface area (Å²) in [6.07, 6.45) is 14.8. The predicted octanol–water partition coefficient (Wildman–Crippen LogP) is 9.48. The molecule has 0 saturated carbocycles. The topological polar surface area (TPSA) is 80.7 Å². The van der Waals surface area contributed by atoms with Crippen molar-refractivity contribution in [3.63, 3.8) is 0 Å². The lowest BCUT2D eigenvalue weighted by Crippen LogP contribution is -2.29. The molecule has 40 heavy (non-hydrogen) atoms. The molecule has 0 heterocycles. The van der Waals surface area contributed by atoms with Gasteiger partial charge in [0.05, 0.1) is 16.9 Å². The second kappa shape index (κ2) is 17.6. The van der Waals surface area contributed by atoms with Crippen molar-refractivity contribution in [3.8, 4) is 0 Å². The van der Waals surface area contributed by atoms with E-state index in [4.69, 9.17) is 4.74 Å². The number of carbonyl (C=O) groups excluding carboxylic acids is 1. The molecule has 0 aliphatic carbocycles. The minimum Gasteiger partial charge on any atom is -0.465 e. The van der Waals surface area contributed by atoms with Crippen LogP contribution < -0.4 is 0 Å². The summed E-state index contributed by atoms with van der Waals surface area (Å²) in [4.78, 5) is 13.0. The lowest BCUT2D eigenvalue weighted by molar-refractivity contribution is -0.154. The summed E-state index contributed by atoms with van der Waals surface area (Å²) in [6.45, 7) is 8.80. The summed E-state index contributed by atoms with van der Waals surface area (Å²) in [5, 5.41) is 0. The molecule has 0 spiro atoms. The van der Waals surface area contributed by atoms with Crippen molar-refractivity contribution >= 4 is 16.1 Å². The van der Waals surface area contributed by atoms with Crippen LogP contribution in [0.4, 0.5) is 0 Å². The van der Waals surface area contributed by atoms with Crippen molar-refractivity contribution in [2.24, 2.45) is 5.41 Å². The normalized spacial score (nSPS) is 13.6. The van der Waals surface area contributed by atoms with Crippen molar-refractivity contribution in [2.45, 2.75) is 128 Å². The zero-order valence-electron chi connectivity index (χ0n) is 25.2. The van der Waals surface area contributed by atoms with E-state index in [0.29, 0.717) is 13.0 Å². The first kappa shape index (κ1) is 34.0. The first-order chi connectivity index (χ1) is 19.1. The van der Waals surface area contributed by atoms with Gasteiger partial charge in [0.2, 0.25) is 0 Å². The minimum absolute atomic E-state index is 0.1000. The molecule has 0 aromatic heterocycles. The Morgan fingerprint density at radius 3 is 1.82 bits per heavy atom. The maximum absolute atomic E-state index is 13.1. The fourth-order valence-electron chi connectivity index (χ4n) is 5.51. The molecule has 0 bridgehead atoms. The van der Waals surface area contributed by atoms with E-state index in [1.165, 1.54) is 69.1 Å². The molecule has 1 N–H and O–H groups in total. The Morgan fingerprint density at radius 2 is 1.30 bits per heavy atom. The van der Waals surface area contributed by atoms with Crippen LogP contribution in [0.5, 0.6) is 0 Å². The molecule has 6 heteroatoms. The summed E-state index contributed by atoms with van der Waals surface area (Å²) in [5.74, 6) is 0.168. The predicted molar refractivity (Wildman–Crippen MR) is 164 cm³/mol. The third-order valence-electron chi connectivity index (χ3n) is 8.02. The molecule has 2 rings (SSSR count). The van der Waals surface area contributed by atoms with E-state index in [9.17, 15) is 17.8 Å². The number of hydrogen-bond donors (Lipinski definition) is 1.